The molecule has 1 aromatic carbocycles. The van der Waals surface area contributed by atoms with E-state index in [1.165, 1.54) is 18.0 Å². The maximum atomic E-state index is 12.4. The van der Waals surface area contributed by atoms with E-state index in [2.05, 4.69) is 20.8 Å². The molecule has 10 heteroatoms. The highest BCUT2D eigenvalue weighted by Gasteiger charge is 2.15. The van der Waals surface area contributed by atoms with Gasteiger partial charge in [0.25, 0.3) is 5.91 Å². The maximum Gasteiger partial charge on any atom is 0.291 e. The molecule has 0 saturated carbocycles. The molecule has 2 amide bonds. The Kier molecular flexibility index (Phi) is 6.37. The summed E-state index contributed by atoms with van der Waals surface area (Å²) >= 11 is 7.31. The summed E-state index contributed by atoms with van der Waals surface area (Å²) in [5.74, 6) is -0.401. The van der Waals surface area contributed by atoms with Crippen molar-refractivity contribution < 1.29 is 14.0 Å². The summed E-state index contributed by atoms with van der Waals surface area (Å²) < 4.78 is 6.96. The molecular formula is C18H18ClN5O3S. The fraction of sp³-hybridized carbons (Fsp3) is 0.222. The molecule has 2 aromatic heterocycles. The van der Waals surface area contributed by atoms with Crippen LogP contribution in [0.15, 0.2) is 52.5 Å². The molecule has 3 rings (SSSR count). The molecule has 3 aromatic rings. The van der Waals surface area contributed by atoms with Crippen molar-refractivity contribution >= 4 is 46.6 Å². The first-order valence-electron chi connectivity index (χ1n) is 8.40. The van der Waals surface area contributed by atoms with Crippen LogP contribution >= 0.6 is 23.4 Å². The van der Waals surface area contributed by atoms with Crippen molar-refractivity contribution in [2.45, 2.75) is 25.0 Å². The zero-order valence-electron chi connectivity index (χ0n) is 15.2. The number of aromatic nitrogens is 3. The van der Waals surface area contributed by atoms with Crippen LogP contribution in [0.25, 0.3) is 0 Å². The molecule has 28 heavy (non-hydrogen) atoms. The van der Waals surface area contributed by atoms with Crippen molar-refractivity contribution in [1.29, 1.82) is 0 Å². The number of benzene rings is 1. The summed E-state index contributed by atoms with van der Waals surface area (Å²) in [6, 6.07) is 8.16. The molecule has 0 fully saturated rings. The molecule has 0 aliphatic carbocycles. The molecule has 0 saturated heterocycles. The lowest BCUT2D eigenvalue weighted by atomic mass is 10.2. The van der Waals surface area contributed by atoms with Crippen molar-refractivity contribution in [2.75, 3.05) is 16.4 Å². The number of amides is 2. The highest BCUT2D eigenvalue weighted by molar-refractivity contribution is 7.99. The summed E-state index contributed by atoms with van der Waals surface area (Å²) in [4.78, 5) is 24.6. The lowest BCUT2D eigenvalue weighted by Gasteiger charge is -2.13. The first-order valence-corrected chi connectivity index (χ1v) is 9.77. The number of carbonyl (C=O) groups excluding carboxylic acids is 2. The van der Waals surface area contributed by atoms with E-state index in [1.807, 2.05) is 18.4 Å². The summed E-state index contributed by atoms with van der Waals surface area (Å²) in [5.41, 5.74) is 0.804. The number of furan rings is 1. The van der Waals surface area contributed by atoms with E-state index in [0.29, 0.717) is 21.6 Å². The van der Waals surface area contributed by atoms with Crippen LogP contribution in [0.4, 0.5) is 11.4 Å². The van der Waals surface area contributed by atoms with Gasteiger partial charge in [-0.15, -0.1) is 10.2 Å². The van der Waals surface area contributed by atoms with Gasteiger partial charge in [-0.05, 0) is 44.2 Å². The third-order valence-corrected chi connectivity index (χ3v) is 4.87. The predicted molar refractivity (Wildman–Crippen MR) is 108 cm³/mol. The lowest BCUT2D eigenvalue weighted by molar-refractivity contribution is -0.113. The van der Waals surface area contributed by atoms with E-state index in [1.54, 1.807) is 36.7 Å². The Labute approximate surface area is 170 Å². The van der Waals surface area contributed by atoms with Gasteiger partial charge in [0.15, 0.2) is 10.9 Å². The molecule has 2 N–H and O–H groups in total. The van der Waals surface area contributed by atoms with Crippen LogP contribution in [0.1, 0.15) is 30.4 Å². The van der Waals surface area contributed by atoms with Gasteiger partial charge in [-0.25, -0.2) is 0 Å². The molecule has 0 radical (unpaired) electrons. The van der Waals surface area contributed by atoms with Crippen molar-refractivity contribution in [2.24, 2.45) is 0 Å². The third-order valence-electron chi connectivity index (χ3n) is 3.68. The second-order valence-electron chi connectivity index (χ2n) is 6.07. The van der Waals surface area contributed by atoms with Gasteiger partial charge in [-0.2, -0.15) is 0 Å². The van der Waals surface area contributed by atoms with Crippen molar-refractivity contribution in [3.8, 4) is 0 Å². The Morgan fingerprint density at radius 3 is 2.79 bits per heavy atom. The molecular weight excluding hydrogens is 402 g/mol. The minimum atomic E-state index is -0.442. The molecule has 0 aliphatic rings. The average molecular weight is 420 g/mol. The molecule has 0 atom stereocenters. The lowest BCUT2D eigenvalue weighted by Crippen LogP contribution is -2.18. The van der Waals surface area contributed by atoms with Crippen LogP contribution in [0.5, 0.6) is 0 Å². The van der Waals surface area contributed by atoms with Gasteiger partial charge in [-0.3, -0.25) is 9.59 Å². The highest BCUT2D eigenvalue weighted by Crippen LogP contribution is 2.27. The van der Waals surface area contributed by atoms with Crippen LogP contribution < -0.4 is 10.6 Å². The SMILES string of the molecule is CC(C)n1cnnc1SCC(=O)Nc1ccc(Cl)cc1NC(=O)c1ccco1. The number of hydrogen-bond donors (Lipinski definition) is 2. The molecule has 0 unspecified atom stereocenters. The van der Waals surface area contributed by atoms with Crippen LogP contribution in [-0.4, -0.2) is 32.3 Å². The van der Waals surface area contributed by atoms with Crippen LogP contribution in [0.2, 0.25) is 5.02 Å². The van der Waals surface area contributed by atoms with Crippen LogP contribution in [0.3, 0.4) is 0 Å². The van der Waals surface area contributed by atoms with Crippen molar-refractivity contribution in [1.82, 2.24) is 14.8 Å². The quantitative estimate of drug-likeness (QED) is 0.559. The average Bonchev–Trinajstić information content (AvgIpc) is 3.34. The van der Waals surface area contributed by atoms with E-state index in [9.17, 15) is 9.59 Å². The van der Waals surface area contributed by atoms with Crippen LogP contribution in [0, 0.1) is 0 Å². The van der Waals surface area contributed by atoms with Gasteiger partial charge >= 0.3 is 0 Å². The number of carbonyl (C=O) groups is 2. The number of halogens is 1. The van der Waals surface area contributed by atoms with E-state index in [-0.39, 0.29) is 23.5 Å². The number of nitrogens with zero attached hydrogens (tertiary/aromatic N) is 3. The topological polar surface area (TPSA) is 102 Å². The monoisotopic (exact) mass is 419 g/mol. The number of anilines is 2. The number of hydrogen-bond acceptors (Lipinski definition) is 6. The Morgan fingerprint density at radius 1 is 1.25 bits per heavy atom. The molecule has 8 nitrogen and oxygen atoms in total. The van der Waals surface area contributed by atoms with E-state index in [4.69, 9.17) is 16.0 Å². The fourth-order valence-corrected chi connectivity index (χ4v) is 3.34. The summed E-state index contributed by atoms with van der Waals surface area (Å²) in [6.07, 6.45) is 3.04. The van der Waals surface area contributed by atoms with Gasteiger partial charge in [0, 0.05) is 11.1 Å². The second-order valence-corrected chi connectivity index (χ2v) is 7.45. The second kappa shape index (κ2) is 8.94. The van der Waals surface area contributed by atoms with Gasteiger partial charge < -0.3 is 19.6 Å². The third kappa shape index (κ3) is 4.93. The van der Waals surface area contributed by atoms with Gasteiger partial charge in [0.2, 0.25) is 5.91 Å². The Morgan fingerprint density at radius 2 is 2.07 bits per heavy atom. The van der Waals surface area contributed by atoms with E-state index < -0.39 is 5.91 Å². The predicted octanol–water partition coefficient (Wildman–Crippen LogP) is 4.09. The molecule has 0 aliphatic heterocycles. The van der Waals surface area contributed by atoms with Crippen molar-refractivity contribution in [3.63, 3.8) is 0 Å². The Hall–Kier alpha value is -2.78. The number of nitrogens with one attached hydrogen (secondary N) is 2. The smallest absolute Gasteiger partial charge is 0.291 e. The normalized spacial score (nSPS) is 10.9. The molecule has 0 bridgehead atoms. The largest absolute Gasteiger partial charge is 0.459 e. The zero-order chi connectivity index (χ0) is 20.1. The van der Waals surface area contributed by atoms with Crippen molar-refractivity contribution in [3.05, 3.63) is 53.7 Å². The zero-order valence-corrected chi connectivity index (χ0v) is 16.8. The molecule has 0 spiro atoms. The first-order chi connectivity index (χ1) is 13.4. The minimum absolute atomic E-state index is 0.139. The van der Waals surface area contributed by atoms with Gasteiger partial charge in [0.05, 0.1) is 23.4 Å². The first kappa shape index (κ1) is 20.0. The van der Waals surface area contributed by atoms with E-state index >= 15 is 0 Å². The number of thioether (sulfide) groups is 1. The Balaban J connectivity index is 1.67. The minimum Gasteiger partial charge on any atom is -0.459 e. The Bertz CT molecular complexity index is 972. The summed E-state index contributed by atoms with van der Waals surface area (Å²) in [7, 11) is 0. The fourth-order valence-electron chi connectivity index (χ4n) is 2.33. The standard InChI is InChI=1S/C18H18ClN5O3S/c1-11(2)24-10-20-23-18(24)28-9-16(25)21-13-6-5-12(19)8-14(13)22-17(26)15-4-3-7-27-15/h3-8,10-11H,9H2,1-2H3,(H,21,25)(H,22,26). The molecule has 2 heterocycles. The summed E-state index contributed by atoms with van der Waals surface area (Å²) in [5, 5.41) is 14.4. The maximum absolute atomic E-state index is 12.4. The number of rotatable bonds is 7. The summed E-state index contributed by atoms with van der Waals surface area (Å²) in [6.45, 7) is 4.02. The highest BCUT2D eigenvalue weighted by atomic mass is 35.5. The van der Waals surface area contributed by atoms with Crippen LogP contribution in [-0.2, 0) is 4.79 Å². The van der Waals surface area contributed by atoms with Gasteiger partial charge in [0.1, 0.15) is 6.33 Å². The molecule has 146 valence electrons. The van der Waals surface area contributed by atoms with E-state index in [0.717, 1.165) is 0 Å². The van der Waals surface area contributed by atoms with Gasteiger partial charge in [-0.1, -0.05) is 23.4 Å².